The number of pyridine rings is 1. The third kappa shape index (κ3) is 2.56. The molecule has 1 amide bonds. The maximum absolute atomic E-state index is 12.1. The van der Waals surface area contributed by atoms with Gasteiger partial charge in [0.1, 0.15) is 0 Å². The average molecular weight is 244 g/mol. The van der Waals surface area contributed by atoms with Gasteiger partial charge < -0.3 is 5.32 Å². The van der Waals surface area contributed by atoms with Gasteiger partial charge >= 0.3 is 0 Å². The molecule has 1 atom stereocenters. The molecule has 2 aromatic rings. The SMILES string of the molecule is Cc1ccc(C(=O)NC(C)c2cn[nH]c2)c(C)n1. The van der Waals surface area contributed by atoms with Crippen molar-refractivity contribution in [3.8, 4) is 0 Å². The number of hydrogen-bond donors (Lipinski definition) is 2. The molecule has 1 unspecified atom stereocenters. The Balaban J connectivity index is 2.12. The lowest BCUT2D eigenvalue weighted by Crippen LogP contribution is -2.27. The predicted octanol–water partition coefficient (Wildman–Crippen LogP) is 1.91. The Morgan fingerprint density at radius 1 is 1.39 bits per heavy atom. The van der Waals surface area contributed by atoms with Gasteiger partial charge in [-0.1, -0.05) is 0 Å². The van der Waals surface area contributed by atoms with Gasteiger partial charge in [0.15, 0.2) is 0 Å². The van der Waals surface area contributed by atoms with Crippen LogP contribution in [0.1, 0.15) is 40.3 Å². The Hall–Kier alpha value is -2.17. The second kappa shape index (κ2) is 5.00. The molecule has 0 spiro atoms. The second-order valence-corrected chi connectivity index (χ2v) is 4.31. The summed E-state index contributed by atoms with van der Waals surface area (Å²) in [5.74, 6) is -0.117. The maximum atomic E-state index is 12.1. The van der Waals surface area contributed by atoms with Crippen molar-refractivity contribution in [3.63, 3.8) is 0 Å². The summed E-state index contributed by atoms with van der Waals surface area (Å²) in [5.41, 5.74) is 3.20. The Morgan fingerprint density at radius 2 is 2.17 bits per heavy atom. The van der Waals surface area contributed by atoms with Crippen molar-refractivity contribution >= 4 is 5.91 Å². The van der Waals surface area contributed by atoms with Crippen LogP contribution in [0.4, 0.5) is 0 Å². The van der Waals surface area contributed by atoms with Crippen molar-refractivity contribution in [2.24, 2.45) is 0 Å². The highest BCUT2D eigenvalue weighted by atomic mass is 16.1. The van der Waals surface area contributed by atoms with Crippen LogP contribution >= 0.6 is 0 Å². The molecule has 0 fully saturated rings. The number of amides is 1. The van der Waals surface area contributed by atoms with Crippen LogP contribution in [-0.4, -0.2) is 21.1 Å². The lowest BCUT2D eigenvalue weighted by atomic mass is 10.1. The topological polar surface area (TPSA) is 70.7 Å². The third-order valence-electron chi connectivity index (χ3n) is 2.84. The number of carbonyl (C=O) groups excluding carboxylic acids is 1. The zero-order valence-corrected chi connectivity index (χ0v) is 10.7. The molecule has 18 heavy (non-hydrogen) atoms. The number of carbonyl (C=O) groups is 1. The lowest BCUT2D eigenvalue weighted by molar-refractivity contribution is 0.0939. The van der Waals surface area contributed by atoms with Crippen LogP contribution < -0.4 is 5.32 Å². The molecule has 5 nitrogen and oxygen atoms in total. The van der Waals surface area contributed by atoms with E-state index in [4.69, 9.17) is 0 Å². The van der Waals surface area contributed by atoms with Crippen molar-refractivity contribution in [2.45, 2.75) is 26.8 Å². The molecule has 0 aliphatic rings. The molecule has 2 rings (SSSR count). The van der Waals surface area contributed by atoms with Crippen LogP contribution in [0.25, 0.3) is 0 Å². The van der Waals surface area contributed by atoms with Gasteiger partial charge in [0.05, 0.1) is 23.5 Å². The number of H-pyrrole nitrogens is 1. The van der Waals surface area contributed by atoms with Crippen LogP contribution in [0.15, 0.2) is 24.5 Å². The maximum Gasteiger partial charge on any atom is 0.253 e. The van der Waals surface area contributed by atoms with E-state index in [2.05, 4.69) is 20.5 Å². The number of aromatic amines is 1. The standard InChI is InChI=1S/C13H16N4O/c1-8-4-5-12(10(3)16-8)13(18)17-9(2)11-6-14-15-7-11/h4-7,9H,1-3H3,(H,14,15)(H,17,18). The van der Waals surface area contributed by atoms with E-state index in [0.29, 0.717) is 5.56 Å². The Morgan fingerprint density at radius 3 is 2.78 bits per heavy atom. The fourth-order valence-electron chi connectivity index (χ4n) is 1.78. The molecule has 0 aromatic carbocycles. The number of aromatic nitrogens is 3. The van der Waals surface area contributed by atoms with Gasteiger partial charge in [-0.2, -0.15) is 5.10 Å². The van der Waals surface area contributed by atoms with Gasteiger partial charge in [0.2, 0.25) is 0 Å². The van der Waals surface area contributed by atoms with Gasteiger partial charge in [0, 0.05) is 17.5 Å². The monoisotopic (exact) mass is 244 g/mol. The Labute approximate surface area is 106 Å². The molecule has 0 saturated heterocycles. The summed E-state index contributed by atoms with van der Waals surface area (Å²) in [7, 11) is 0. The first-order valence-corrected chi connectivity index (χ1v) is 5.81. The number of hydrogen-bond acceptors (Lipinski definition) is 3. The van der Waals surface area contributed by atoms with E-state index >= 15 is 0 Å². The third-order valence-corrected chi connectivity index (χ3v) is 2.84. The summed E-state index contributed by atoms with van der Waals surface area (Å²) in [6.07, 6.45) is 3.47. The number of aryl methyl sites for hydroxylation is 2. The van der Waals surface area contributed by atoms with Gasteiger partial charge in [0.25, 0.3) is 5.91 Å². The fraction of sp³-hybridized carbons (Fsp3) is 0.308. The van der Waals surface area contributed by atoms with Crippen molar-refractivity contribution in [1.82, 2.24) is 20.5 Å². The van der Waals surface area contributed by atoms with Crippen molar-refractivity contribution in [1.29, 1.82) is 0 Å². The zero-order valence-electron chi connectivity index (χ0n) is 10.7. The van der Waals surface area contributed by atoms with E-state index in [1.54, 1.807) is 18.5 Å². The van der Waals surface area contributed by atoms with E-state index < -0.39 is 0 Å². The normalized spacial score (nSPS) is 12.2. The largest absolute Gasteiger partial charge is 0.345 e. The minimum atomic E-state index is -0.117. The summed E-state index contributed by atoms with van der Waals surface area (Å²) in [6, 6.07) is 3.55. The molecule has 0 aliphatic heterocycles. The summed E-state index contributed by atoms with van der Waals surface area (Å²) < 4.78 is 0. The van der Waals surface area contributed by atoms with Crippen molar-refractivity contribution in [3.05, 3.63) is 47.0 Å². The molecular formula is C13H16N4O. The predicted molar refractivity (Wildman–Crippen MR) is 68.2 cm³/mol. The molecule has 0 radical (unpaired) electrons. The van der Waals surface area contributed by atoms with Gasteiger partial charge in [-0.05, 0) is 32.9 Å². The van der Waals surface area contributed by atoms with Crippen LogP contribution in [0, 0.1) is 13.8 Å². The second-order valence-electron chi connectivity index (χ2n) is 4.31. The molecule has 0 aliphatic carbocycles. The fourth-order valence-corrected chi connectivity index (χ4v) is 1.78. The number of rotatable bonds is 3. The highest BCUT2D eigenvalue weighted by Crippen LogP contribution is 2.12. The van der Waals surface area contributed by atoms with Crippen molar-refractivity contribution < 1.29 is 4.79 Å². The Bertz CT molecular complexity index is 548. The van der Waals surface area contributed by atoms with E-state index in [1.807, 2.05) is 26.8 Å². The zero-order chi connectivity index (χ0) is 13.1. The van der Waals surface area contributed by atoms with E-state index in [0.717, 1.165) is 17.0 Å². The van der Waals surface area contributed by atoms with Crippen LogP contribution in [0.2, 0.25) is 0 Å². The first kappa shape index (κ1) is 12.3. The first-order chi connectivity index (χ1) is 8.58. The van der Waals surface area contributed by atoms with Crippen LogP contribution in [0.3, 0.4) is 0 Å². The van der Waals surface area contributed by atoms with Gasteiger partial charge in [-0.15, -0.1) is 0 Å². The first-order valence-electron chi connectivity index (χ1n) is 5.81. The highest BCUT2D eigenvalue weighted by Gasteiger charge is 2.14. The molecular weight excluding hydrogens is 228 g/mol. The summed E-state index contributed by atoms with van der Waals surface area (Å²) in [6.45, 7) is 5.66. The smallest absolute Gasteiger partial charge is 0.253 e. The lowest BCUT2D eigenvalue weighted by Gasteiger charge is -2.13. The Kier molecular flexibility index (Phi) is 3.41. The van der Waals surface area contributed by atoms with Gasteiger partial charge in [-0.3, -0.25) is 14.9 Å². The van der Waals surface area contributed by atoms with Crippen molar-refractivity contribution in [2.75, 3.05) is 0 Å². The van der Waals surface area contributed by atoms with E-state index in [9.17, 15) is 4.79 Å². The molecule has 0 bridgehead atoms. The van der Waals surface area contributed by atoms with Gasteiger partial charge in [-0.25, -0.2) is 0 Å². The molecule has 2 aromatic heterocycles. The molecule has 2 N–H and O–H groups in total. The molecule has 94 valence electrons. The van der Waals surface area contributed by atoms with E-state index in [1.165, 1.54) is 0 Å². The van der Waals surface area contributed by atoms with E-state index in [-0.39, 0.29) is 11.9 Å². The minimum absolute atomic E-state index is 0.0862. The average Bonchev–Trinajstić information content (AvgIpc) is 2.81. The number of nitrogens with one attached hydrogen (secondary N) is 2. The summed E-state index contributed by atoms with van der Waals surface area (Å²) in [5, 5.41) is 9.51. The molecule has 0 saturated carbocycles. The number of nitrogens with zero attached hydrogens (tertiary/aromatic N) is 2. The highest BCUT2D eigenvalue weighted by molar-refractivity contribution is 5.95. The summed E-state index contributed by atoms with van der Waals surface area (Å²) in [4.78, 5) is 16.4. The molecule has 2 heterocycles. The van der Waals surface area contributed by atoms with Crippen LogP contribution in [-0.2, 0) is 0 Å². The quantitative estimate of drug-likeness (QED) is 0.866. The summed E-state index contributed by atoms with van der Waals surface area (Å²) >= 11 is 0. The van der Waals surface area contributed by atoms with Crippen LogP contribution in [0.5, 0.6) is 0 Å². The molecule has 5 heteroatoms. The minimum Gasteiger partial charge on any atom is -0.345 e.